The molecule has 0 aliphatic rings. The van der Waals surface area contributed by atoms with Gasteiger partial charge in [0.25, 0.3) is 0 Å². The monoisotopic (exact) mass is 220 g/mol. The minimum Gasteiger partial charge on any atom is -0.274 e. The van der Waals surface area contributed by atoms with Crippen molar-refractivity contribution in [3.05, 3.63) is 35.4 Å². The summed E-state index contributed by atoms with van der Waals surface area (Å²) in [7, 11) is -0.0894. The maximum atomic E-state index is 12.1. The third-order valence-corrected chi connectivity index (χ3v) is 2.49. The van der Waals surface area contributed by atoms with Crippen LogP contribution in [0.1, 0.15) is 23.7 Å². The third-order valence-electron chi connectivity index (χ3n) is 1.88. The van der Waals surface area contributed by atoms with E-state index >= 15 is 0 Å². The quantitative estimate of drug-likeness (QED) is 0.687. The molecule has 1 unspecified atom stereocenters. The average Bonchev–Trinajstić information content (AvgIpc) is 2.15. The molecule has 1 nitrogen and oxygen atoms in total. The summed E-state index contributed by atoms with van der Waals surface area (Å²) in [5, 5.41) is 0. The minimum atomic E-state index is -4.31. The second-order valence-electron chi connectivity index (χ2n) is 2.90. The molecule has 14 heavy (non-hydrogen) atoms. The maximum absolute atomic E-state index is 12.1. The van der Waals surface area contributed by atoms with Gasteiger partial charge in [0.1, 0.15) is 0 Å². The van der Waals surface area contributed by atoms with Gasteiger partial charge in [0.15, 0.2) is 8.46 Å². The fourth-order valence-corrected chi connectivity index (χ4v) is 1.31. The molecule has 1 rings (SSSR count). The van der Waals surface area contributed by atoms with Crippen LogP contribution in [0, 0.1) is 0 Å². The molecule has 0 aliphatic heterocycles. The molecular weight excluding hydrogens is 212 g/mol. The van der Waals surface area contributed by atoms with Gasteiger partial charge in [-0.2, -0.15) is 13.2 Å². The SMILES string of the molecule is CC(P=O)c1ccc(C(F)(F)F)cc1. The molecule has 0 amide bonds. The summed E-state index contributed by atoms with van der Waals surface area (Å²) in [5.74, 6) is 0. The number of rotatable bonds is 2. The molecule has 0 heterocycles. The van der Waals surface area contributed by atoms with E-state index in [1.165, 1.54) is 12.1 Å². The van der Waals surface area contributed by atoms with Gasteiger partial charge in [-0.25, -0.2) is 0 Å². The van der Waals surface area contributed by atoms with Crippen LogP contribution in [0.5, 0.6) is 0 Å². The van der Waals surface area contributed by atoms with Crippen LogP contribution in [-0.4, -0.2) is 0 Å². The van der Waals surface area contributed by atoms with Crippen molar-refractivity contribution < 1.29 is 17.7 Å². The molecule has 1 atom stereocenters. The number of hydrogen-bond donors (Lipinski definition) is 0. The first kappa shape index (κ1) is 11.2. The standard InChI is InChI=1S/C9H8F3OP/c1-6(14-13)7-2-4-8(5-3-7)9(10,11)12/h2-6H,1H3. The molecule has 76 valence electrons. The molecule has 0 N–H and O–H groups in total. The van der Waals surface area contributed by atoms with E-state index < -0.39 is 11.7 Å². The van der Waals surface area contributed by atoms with Crippen molar-refractivity contribution in [2.45, 2.75) is 18.8 Å². The maximum Gasteiger partial charge on any atom is 0.416 e. The predicted octanol–water partition coefficient (Wildman–Crippen LogP) is 4.06. The van der Waals surface area contributed by atoms with Crippen LogP contribution >= 0.6 is 8.46 Å². The summed E-state index contributed by atoms with van der Waals surface area (Å²) in [6, 6.07) is 4.69. The molecule has 5 heteroatoms. The van der Waals surface area contributed by atoms with E-state index in [1.807, 2.05) is 0 Å². The van der Waals surface area contributed by atoms with Crippen molar-refractivity contribution in [3.63, 3.8) is 0 Å². The summed E-state index contributed by atoms with van der Waals surface area (Å²) in [5.41, 5.74) is -0.317. The van der Waals surface area contributed by atoms with E-state index in [9.17, 15) is 17.7 Å². The Morgan fingerprint density at radius 3 is 2.07 bits per heavy atom. The Hall–Kier alpha value is -0.890. The van der Waals surface area contributed by atoms with Crippen molar-refractivity contribution in [3.8, 4) is 0 Å². The Bertz CT molecular complexity index is 318. The average molecular weight is 220 g/mol. The molecule has 1 aromatic rings. The van der Waals surface area contributed by atoms with Gasteiger partial charge in [0.05, 0.1) is 11.2 Å². The summed E-state index contributed by atoms with van der Waals surface area (Å²) in [6.45, 7) is 1.68. The number of hydrogen-bond acceptors (Lipinski definition) is 1. The van der Waals surface area contributed by atoms with Crippen molar-refractivity contribution >= 4 is 8.46 Å². The van der Waals surface area contributed by atoms with Gasteiger partial charge in [0.2, 0.25) is 0 Å². The molecule has 0 fully saturated rings. The topological polar surface area (TPSA) is 17.1 Å². The van der Waals surface area contributed by atoms with Gasteiger partial charge in [-0.05, 0) is 24.6 Å². The van der Waals surface area contributed by atoms with E-state index in [2.05, 4.69) is 0 Å². The van der Waals surface area contributed by atoms with Crippen LogP contribution in [0.2, 0.25) is 0 Å². The van der Waals surface area contributed by atoms with E-state index in [-0.39, 0.29) is 14.1 Å². The zero-order valence-corrected chi connectivity index (χ0v) is 8.27. The Labute approximate surface area is 81.1 Å². The normalized spacial score (nSPS) is 14.3. The largest absolute Gasteiger partial charge is 0.416 e. The second kappa shape index (κ2) is 4.09. The molecule has 1 aromatic carbocycles. The van der Waals surface area contributed by atoms with Crippen molar-refractivity contribution in [2.24, 2.45) is 0 Å². The molecule has 0 saturated carbocycles. The van der Waals surface area contributed by atoms with Crippen LogP contribution in [0.4, 0.5) is 13.2 Å². The first-order valence-corrected chi connectivity index (χ1v) is 4.83. The summed E-state index contributed by atoms with van der Waals surface area (Å²) < 4.78 is 46.9. The lowest BCUT2D eigenvalue weighted by Crippen LogP contribution is -2.04. The number of alkyl halides is 3. The van der Waals surface area contributed by atoms with E-state index in [0.717, 1.165) is 12.1 Å². The van der Waals surface area contributed by atoms with E-state index in [4.69, 9.17) is 0 Å². The lowest BCUT2D eigenvalue weighted by atomic mass is 10.1. The van der Waals surface area contributed by atoms with Gasteiger partial charge >= 0.3 is 6.18 Å². The molecule has 0 saturated heterocycles. The minimum absolute atomic E-state index is 0.0894. The highest BCUT2D eigenvalue weighted by Gasteiger charge is 2.30. The summed E-state index contributed by atoms with van der Waals surface area (Å²) in [4.78, 5) is 0. The highest BCUT2D eigenvalue weighted by atomic mass is 31.1. The zero-order chi connectivity index (χ0) is 10.8. The third kappa shape index (κ3) is 2.55. The van der Waals surface area contributed by atoms with Crippen LogP contribution in [0.3, 0.4) is 0 Å². The van der Waals surface area contributed by atoms with Crippen LogP contribution in [0.15, 0.2) is 24.3 Å². The first-order chi connectivity index (χ1) is 6.45. The van der Waals surface area contributed by atoms with Gasteiger partial charge in [-0.1, -0.05) is 12.1 Å². The predicted molar refractivity (Wildman–Crippen MR) is 47.5 cm³/mol. The first-order valence-electron chi connectivity index (χ1n) is 3.95. The second-order valence-corrected chi connectivity index (χ2v) is 3.89. The highest BCUT2D eigenvalue weighted by molar-refractivity contribution is 7.24. The lowest BCUT2D eigenvalue weighted by Gasteiger charge is -2.08. The Morgan fingerprint density at radius 2 is 1.71 bits per heavy atom. The zero-order valence-electron chi connectivity index (χ0n) is 7.38. The lowest BCUT2D eigenvalue weighted by molar-refractivity contribution is -0.137. The van der Waals surface area contributed by atoms with Crippen molar-refractivity contribution in [1.82, 2.24) is 0 Å². The summed E-state index contributed by atoms with van der Waals surface area (Å²) in [6.07, 6.45) is -4.31. The van der Waals surface area contributed by atoms with Crippen LogP contribution in [0.25, 0.3) is 0 Å². The van der Waals surface area contributed by atoms with Crippen molar-refractivity contribution in [2.75, 3.05) is 0 Å². The number of benzene rings is 1. The van der Waals surface area contributed by atoms with E-state index in [0.29, 0.717) is 5.56 Å². The van der Waals surface area contributed by atoms with Crippen molar-refractivity contribution in [1.29, 1.82) is 0 Å². The highest BCUT2D eigenvalue weighted by Crippen LogP contribution is 2.32. The van der Waals surface area contributed by atoms with E-state index in [1.54, 1.807) is 6.92 Å². The summed E-state index contributed by atoms with van der Waals surface area (Å²) >= 11 is 0. The molecule has 0 bridgehead atoms. The Kier molecular flexibility index (Phi) is 3.27. The smallest absolute Gasteiger partial charge is 0.274 e. The van der Waals surface area contributed by atoms with Gasteiger partial charge in [-0.3, -0.25) is 4.57 Å². The van der Waals surface area contributed by atoms with Gasteiger partial charge < -0.3 is 0 Å². The molecule has 0 aromatic heterocycles. The molecule has 0 radical (unpaired) electrons. The van der Waals surface area contributed by atoms with Gasteiger partial charge in [0, 0.05) is 0 Å². The fraction of sp³-hybridized carbons (Fsp3) is 0.333. The van der Waals surface area contributed by atoms with Crippen LogP contribution in [-0.2, 0) is 10.7 Å². The molecule has 0 spiro atoms. The fourth-order valence-electron chi connectivity index (χ4n) is 1.01. The number of halogens is 3. The molecular formula is C9H8F3OP. The molecule has 0 aliphatic carbocycles. The van der Waals surface area contributed by atoms with Crippen LogP contribution < -0.4 is 0 Å². The van der Waals surface area contributed by atoms with Gasteiger partial charge in [-0.15, -0.1) is 0 Å². The Morgan fingerprint density at radius 1 is 1.21 bits per heavy atom. The Balaban J connectivity index is 2.95.